The lowest BCUT2D eigenvalue weighted by Crippen LogP contribution is -2.53. The van der Waals surface area contributed by atoms with Crippen LogP contribution in [0.3, 0.4) is 0 Å². The molecule has 2 fully saturated rings. The summed E-state index contributed by atoms with van der Waals surface area (Å²) in [7, 11) is 0. The largest absolute Gasteiger partial charge is 0.481 e. The summed E-state index contributed by atoms with van der Waals surface area (Å²) >= 11 is 0. The molecule has 2 saturated heterocycles. The van der Waals surface area contributed by atoms with Crippen molar-refractivity contribution in [1.29, 1.82) is 0 Å². The maximum absolute atomic E-state index is 12.1. The van der Waals surface area contributed by atoms with Crippen molar-refractivity contribution >= 4 is 11.7 Å². The number of nitrogens with one attached hydrogen (secondary N) is 3. The maximum Gasteiger partial charge on any atom is 0.307 e. The molecule has 4 rings (SSSR count). The molecule has 2 aliphatic heterocycles. The predicted octanol–water partition coefficient (Wildman–Crippen LogP) is 2.43. The lowest BCUT2D eigenvalue weighted by Gasteiger charge is -2.39. The number of non-ortho nitro benzene ring substituents is 1. The van der Waals surface area contributed by atoms with Gasteiger partial charge in [-0.05, 0) is 24.5 Å². The summed E-state index contributed by atoms with van der Waals surface area (Å²) in [4.78, 5) is 22.8. The van der Waals surface area contributed by atoms with Gasteiger partial charge in [-0.25, -0.2) is 10.9 Å². The Morgan fingerprint density at radius 1 is 1.14 bits per heavy atom. The van der Waals surface area contributed by atoms with Crippen LogP contribution in [0.25, 0.3) is 0 Å². The first-order chi connectivity index (χ1) is 13.4. The first-order valence-corrected chi connectivity index (χ1v) is 9.25. The van der Waals surface area contributed by atoms with Crippen molar-refractivity contribution in [1.82, 2.24) is 16.2 Å². The number of hydrazine groups is 1. The van der Waals surface area contributed by atoms with E-state index < -0.39 is 16.8 Å². The summed E-state index contributed by atoms with van der Waals surface area (Å²) in [6.07, 6.45) is 0.194. The van der Waals surface area contributed by atoms with E-state index in [9.17, 15) is 20.0 Å². The molecule has 0 spiro atoms. The van der Waals surface area contributed by atoms with Crippen LogP contribution >= 0.6 is 0 Å². The van der Waals surface area contributed by atoms with Crippen molar-refractivity contribution in [3.05, 3.63) is 75.3 Å². The smallest absolute Gasteiger partial charge is 0.307 e. The lowest BCUT2D eigenvalue weighted by molar-refractivity contribution is -0.384. The maximum atomic E-state index is 12.1. The van der Waals surface area contributed by atoms with E-state index in [4.69, 9.17) is 0 Å². The molecule has 0 aliphatic carbocycles. The molecule has 0 bridgehead atoms. The van der Waals surface area contributed by atoms with Crippen LogP contribution in [0.2, 0.25) is 0 Å². The summed E-state index contributed by atoms with van der Waals surface area (Å²) < 4.78 is 0. The third kappa shape index (κ3) is 3.37. The molecule has 4 N–H and O–H groups in total. The van der Waals surface area contributed by atoms with Crippen molar-refractivity contribution in [3.8, 4) is 0 Å². The van der Waals surface area contributed by atoms with E-state index in [1.54, 1.807) is 12.1 Å². The van der Waals surface area contributed by atoms with E-state index in [-0.39, 0.29) is 29.9 Å². The SMILES string of the molecule is Cc1cccc(C2CC(C(=O)O)C3C(NNC3c3cccc([N+](=O)[O-])c3)N2)c1. The van der Waals surface area contributed by atoms with E-state index in [1.807, 2.05) is 25.1 Å². The number of fused-ring (bicyclic) bond motifs is 1. The van der Waals surface area contributed by atoms with Gasteiger partial charge in [0.25, 0.3) is 5.69 Å². The number of benzene rings is 2. The van der Waals surface area contributed by atoms with Gasteiger partial charge >= 0.3 is 5.97 Å². The van der Waals surface area contributed by atoms with Gasteiger partial charge in [0.1, 0.15) is 0 Å². The van der Waals surface area contributed by atoms with Gasteiger partial charge < -0.3 is 5.11 Å². The van der Waals surface area contributed by atoms with E-state index in [1.165, 1.54) is 12.1 Å². The quantitative estimate of drug-likeness (QED) is 0.474. The number of piperidine rings is 1. The minimum atomic E-state index is -0.852. The fourth-order valence-electron chi connectivity index (χ4n) is 4.40. The normalized spacial score (nSPS) is 29.2. The molecule has 2 aliphatic rings. The average Bonchev–Trinajstić information content (AvgIpc) is 3.11. The Bertz CT molecular complexity index is 919. The van der Waals surface area contributed by atoms with E-state index >= 15 is 0 Å². The minimum absolute atomic E-state index is 0.00368. The molecule has 28 heavy (non-hydrogen) atoms. The number of nitro benzene ring substituents is 1. The Morgan fingerprint density at radius 3 is 2.61 bits per heavy atom. The molecule has 2 aromatic rings. The molecule has 2 aromatic carbocycles. The van der Waals surface area contributed by atoms with Gasteiger partial charge in [0.15, 0.2) is 0 Å². The highest BCUT2D eigenvalue weighted by atomic mass is 16.6. The molecular weight excluding hydrogens is 360 g/mol. The highest BCUT2D eigenvalue weighted by Gasteiger charge is 2.49. The second-order valence-electron chi connectivity index (χ2n) is 7.49. The van der Waals surface area contributed by atoms with Crippen molar-refractivity contribution in [2.45, 2.75) is 31.6 Å². The molecule has 146 valence electrons. The number of carbonyl (C=O) groups is 1. The van der Waals surface area contributed by atoms with Gasteiger partial charge in [-0.15, -0.1) is 0 Å². The number of carboxylic acid groups (broad SMARTS) is 1. The van der Waals surface area contributed by atoms with Gasteiger partial charge in [0.05, 0.1) is 23.0 Å². The van der Waals surface area contributed by atoms with Crippen LogP contribution in [-0.4, -0.2) is 22.2 Å². The zero-order chi connectivity index (χ0) is 19.8. The van der Waals surface area contributed by atoms with E-state index in [2.05, 4.69) is 22.2 Å². The Balaban J connectivity index is 1.64. The number of rotatable bonds is 4. The lowest BCUT2D eigenvalue weighted by atomic mass is 9.74. The van der Waals surface area contributed by atoms with Crippen LogP contribution in [-0.2, 0) is 4.79 Å². The summed E-state index contributed by atoms with van der Waals surface area (Å²) in [5.41, 5.74) is 9.20. The first kappa shape index (κ1) is 18.5. The van der Waals surface area contributed by atoms with Crippen LogP contribution in [0.15, 0.2) is 48.5 Å². The number of hydrogen-bond acceptors (Lipinski definition) is 6. The molecule has 8 heteroatoms. The summed E-state index contributed by atoms with van der Waals surface area (Å²) in [5, 5.41) is 24.5. The summed E-state index contributed by atoms with van der Waals surface area (Å²) in [6, 6.07) is 14.0. The van der Waals surface area contributed by atoms with E-state index in [0.29, 0.717) is 12.0 Å². The van der Waals surface area contributed by atoms with Crippen LogP contribution in [0, 0.1) is 28.9 Å². The second kappa shape index (κ2) is 7.31. The first-order valence-electron chi connectivity index (χ1n) is 9.25. The number of hydrogen-bond donors (Lipinski definition) is 4. The van der Waals surface area contributed by atoms with Crippen molar-refractivity contribution in [2.24, 2.45) is 11.8 Å². The monoisotopic (exact) mass is 382 g/mol. The zero-order valence-electron chi connectivity index (χ0n) is 15.3. The fraction of sp³-hybridized carbons (Fsp3) is 0.350. The number of nitrogens with zero attached hydrogens (tertiary/aromatic N) is 1. The Hall–Kier alpha value is -2.81. The number of nitro groups is 1. The minimum Gasteiger partial charge on any atom is -0.481 e. The number of carboxylic acids is 1. The third-order valence-electron chi connectivity index (χ3n) is 5.70. The molecule has 5 atom stereocenters. The van der Waals surface area contributed by atoms with E-state index in [0.717, 1.165) is 11.1 Å². The zero-order valence-corrected chi connectivity index (χ0v) is 15.3. The molecule has 0 saturated carbocycles. The molecule has 0 amide bonds. The van der Waals surface area contributed by atoms with Crippen molar-refractivity contribution < 1.29 is 14.8 Å². The van der Waals surface area contributed by atoms with Gasteiger partial charge in [-0.1, -0.05) is 42.0 Å². The van der Waals surface area contributed by atoms with Crippen molar-refractivity contribution in [2.75, 3.05) is 0 Å². The van der Waals surface area contributed by atoms with Gasteiger partial charge in [-0.3, -0.25) is 20.2 Å². The van der Waals surface area contributed by atoms with Crippen LogP contribution in [0.4, 0.5) is 5.69 Å². The summed E-state index contributed by atoms with van der Waals surface area (Å²) in [5.74, 6) is -1.72. The topological polar surface area (TPSA) is 117 Å². The standard InChI is InChI=1S/C20H22N4O4/c1-11-4-2-5-12(8-11)16-10-15(20(25)26)17-18(22-23-19(17)21-16)13-6-3-7-14(9-13)24(27)28/h2-9,15-19,21-23H,10H2,1H3,(H,25,26). The number of aryl methyl sites for hydroxylation is 1. The second-order valence-corrected chi connectivity index (χ2v) is 7.49. The highest BCUT2D eigenvalue weighted by Crippen LogP contribution is 2.42. The molecule has 5 unspecified atom stereocenters. The molecule has 2 heterocycles. The molecule has 8 nitrogen and oxygen atoms in total. The van der Waals surface area contributed by atoms with Gasteiger partial charge in [0.2, 0.25) is 0 Å². The Kier molecular flexibility index (Phi) is 4.84. The molecular formula is C20H22N4O4. The molecule has 0 radical (unpaired) electrons. The summed E-state index contributed by atoms with van der Waals surface area (Å²) in [6.45, 7) is 2.01. The van der Waals surface area contributed by atoms with Crippen LogP contribution < -0.4 is 16.2 Å². The Labute approximate surface area is 162 Å². The van der Waals surface area contributed by atoms with Crippen LogP contribution in [0.5, 0.6) is 0 Å². The fourth-order valence-corrected chi connectivity index (χ4v) is 4.40. The molecule has 0 aromatic heterocycles. The highest BCUT2D eigenvalue weighted by molar-refractivity contribution is 5.71. The Morgan fingerprint density at radius 2 is 1.89 bits per heavy atom. The van der Waals surface area contributed by atoms with Gasteiger partial charge in [0, 0.05) is 24.1 Å². The van der Waals surface area contributed by atoms with Gasteiger partial charge in [-0.2, -0.15) is 0 Å². The van der Waals surface area contributed by atoms with Crippen molar-refractivity contribution in [3.63, 3.8) is 0 Å². The van der Waals surface area contributed by atoms with Crippen LogP contribution in [0.1, 0.15) is 35.2 Å². The predicted molar refractivity (Wildman–Crippen MR) is 102 cm³/mol. The number of aliphatic carboxylic acids is 1. The average molecular weight is 382 g/mol. The third-order valence-corrected chi connectivity index (χ3v) is 5.70.